The van der Waals surface area contributed by atoms with Gasteiger partial charge < -0.3 is 15.2 Å². The summed E-state index contributed by atoms with van der Waals surface area (Å²) < 4.78 is 5.14. The molecule has 0 aromatic heterocycles. The Labute approximate surface area is 102 Å². The quantitative estimate of drug-likeness (QED) is 0.660. The van der Waals surface area contributed by atoms with Gasteiger partial charge in [-0.1, -0.05) is 12.1 Å². The predicted octanol–water partition coefficient (Wildman–Crippen LogP) is 1.05. The molecular formula is C13H18N2O2. The summed E-state index contributed by atoms with van der Waals surface area (Å²) in [5.74, 6) is 0. The second-order valence-corrected chi connectivity index (χ2v) is 3.68. The Morgan fingerprint density at radius 3 is 2.65 bits per heavy atom. The van der Waals surface area contributed by atoms with Crippen LogP contribution in [-0.4, -0.2) is 31.5 Å². The zero-order chi connectivity index (χ0) is 12.3. The molecule has 0 saturated carbocycles. The van der Waals surface area contributed by atoms with Crippen LogP contribution in [0.25, 0.3) is 0 Å². The van der Waals surface area contributed by atoms with Crippen molar-refractivity contribution in [2.24, 2.45) is 0 Å². The lowest BCUT2D eigenvalue weighted by atomic mass is 10.1. The molecule has 4 nitrogen and oxygen atoms in total. The molecule has 0 saturated heterocycles. The Morgan fingerprint density at radius 2 is 2.00 bits per heavy atom. The molecule has 0 unspecified atom stereocenters. The molecule has 2 N–H and O–H groups in total. The van der Waals surface area contributed by atoms with Crippen LogP contribution < -0.4 is 5.32 Å². The van der Waals surface area contributed by atoms with Gasteiger partial charge in [0.05, 0.1) is 24.8 Å². The Balaban J connectivity index is 2.08. The molecule has 0 bridgehead atoms. The van der Waals surface area contributed by atoms with Crippen molar-refractivity contribution in [3.63, 3.8) is 0 Å². The Morgan fingerprint density at radius 1 is 1.24 bits per heavy atom. The Kier molecular flexibility index (Phi) is 6.99. The van der Waals surface area contributed by atoms with Gasteiger partial charge in [-0.25, -0.2) is 0 Å². The van der Waals surface area contributed by atoms with Crippen molar-refractivity contribution in [2.45, 2.75) is 13.0 Å². The molecule has 0 amide bonds. The van der Waals surface area contributed by atoms with E-state index in [1.165, 1.54) is 5.56 Å². The Bertz CT molecular complexity index is 343. The van der Waals surface area contributed by atoms with Crippen LogP contribution in [0, 0.1) is 11.3 Å². The van der Waals surface area contributed by atoms with Crippen molar-refractivity contribution in [2.75, 3.05) is 26.4 Å². The highest BCUT2D eigenvalue weighted by Gasteiger charge is 1.94. The molecule has 0 fully saturated rings. The van der Waals surface area contributed by atoms with Crippen molar-refractivity contribution in [3.8, 4) is 6.07 Å². The maximum Gasteiger partial charge on any atom is 0.0991 e. The molecule has 0 aliphatic heterocycles. The standard InChI is InChI=1S/C13H18N2O2/c14-10-12-2-4-13(5-3-12)11-15-6-1-8-17-9-7-16/h2-5,15-16H,1,6-9,11H2. The van der Waals surface area contributed by atoms with Crippen LogP contribution in [0.1, 0.15) is 17.5 Å². The molecule has 0 aliphatic carbocycles. The summed E-state index contributed by atoms with van der Waals surface area (Å²) >= 11 is 0. The number of aliphatic hydroxyl groups is 1. The number of nitrogens with zero attached hydrogens (tertiary/aromatic N) is 1. The largest absolute Gasteiger partial charge is 0.394 e. The highest BCUT2D eigenvalue weighted by atomic mass is 16.5. The first-order valence-corrected chi connectivity index (χ1v) is 5.75. The summed E-state index contributed by atoms with van der Waals surface area (Å²) in [6.45, 7) is 2.84. The molecule has 1 aromatic rings. The van der Waals surface area contributed by atoms with Gasteiger partial charge in [0.25, 0.3) is 0 Å². The minimum atomic E-state index is 0.0820. The third-order valence-electron chi connectivity index (χ3n) is 2.29. The molecule has 1 aromatic carbocycles. The van der Waals surface area contributed by atoms with Crippen molar-refractivity contribution >= 4 is 0 Å². The zero-order valence-electron chi connectivity index (χ0n) is 9.85. The summed E-state index contributed by atoms with van der Waals surface area (Å²) in [4.78, 5) is 0. The van der Waals surface area contributed by atoms with Crippen LogP contribution in [0.5, 0.6) is 0 Å². The van der Waals surface area contributed by atoms with Crippen LogP contribution in [0.15, 0.2) is 24.3 Å². The van der Waals surface area contributed by atoms with E-state index in [9.17, 15) is 0 Å². The number of nitrogens with one attached hydrogen (secondary N) is 1. The van der Waals surface area contributed by atoms with E-state index in [0.717, 1.165) is 19.5 Å². The van der Waals surface area contributed by atoms with Gasteiger partial charge in [0.15, 0.2) is 0 Å². The predicted molar refractivity (Wildman–Crippen MR) is 65.4 cm³/mol. The monoisotopic (exact) mass is 234 g/mol. The molecule has 0 heterocycles. The summed E-state index contributed by atoms with van der Waals surface area (Å²) in [7, 11) is 0. The van der Waals surface area contributed by atoms with Crippen molar-refractivity contribution in [1.82, 2.24) is 5.32 Å². The fraction of sp³-hybridized carbons (Fsp3) is 0.462. The maximum absolute atomic E-state index is 8.65. The lowest BCUT2D eigenvalue weighted by molar-refractivity contribution is 0.0907. The fourth-order valence-electron chi connectivity index (χ4n) is 1.40. The number of ether oxygens (including phenoxy) is 1. The number of nitriles is 1. The molecule has 92 valence electrons. The van der Waals surface area contributed by atoms with Gasteiger partial charge in [-0.05, 0) is 30.7 Å². The van der Waals surface area contributed by atoms with Gasteiger partial charge in [-0.3, -0.25) is 0 Å². The molecule has 4 heteroatoms. The van der Waals surface area contributed by atoms with Gasteiger partial charge in [-0.2, -0.15) is 5.26 Å². The van der Waals surface area contributed by atoms with Crippen LogP contribution in [0.4, 0.5) is 0 Å². The average molecular weight is 234 g/mol. The van der Waals surface area contributed by atoms with E-state index >= 15 is 0 Å². The summed E-state index contributed by atoms with van der Waals surface area (Å²) in [6.07, 6.45) is 0.927. The van der Waals surface area contributed by atoms with E-state index in [0.29, 0.717) is 18.8 Å². The topological polar surface area (TPSA) is 65.3 Å². The highest BCUT2D eigenvalue weighted by molar-refractivity contribution is 5.31. The molecule has 0 atom stereocenters. The maximum atomic E-state index is 8.65. The highest BCUT2D eigenvalue weighted by Crippen LogP contribution is 2.02. The first-order valence-electron chi connectivity index (χ1n) is 5.75. The first kappa shape index (κ1) is 13.7. The minimum absolute atomic E-state index is 0.0820. The number of hydrogen-bond donors (Lipinski definition) is 2. The molecule has 1 rings (SSSR count). The molecule has 0 spiro atoms. The Hall–Kier alpha value is -1.41. The van der Waals surface area contributed by atoms with E-state index in [2.05, 4.69) is 11.4 Å². The number of aliphatic hydroxyl groups excluding tert-OH is 1. The summed E-state index contributed by atoms with van der Waals surface area (Å²) in [5, 5.41) is 20.4. The van der Waals surface area contributed by atoms with E-state index in [-0.39, 0.29) is 6.61 Å². The number of hydrogen-bond acceptors (Lipinski definition) is 4. The summed E-state index contributed by atoms with van der Waals surface area (Å²) in [6, 6.07) is 9.64. The van der Waals surface area contributed by atoms with Gasteiger partial charge in [0, 0.05) is 13.2 Å². The van der Waals surface area contributed by atoms with E-state index < -0.39 is 0 Å². The van der Waals surface area contributed by atoms with Gasteiger partial charge in [-0.15, -0.1) is 0 Å². The summed E-state index contributed by atoms with van der Waals surface area (Å²) in [5.41, 5.74) is 1.85. The smallest absolute Gasteiger partial charge is 0.0991 e. The van der Waals surface area contributed by atoms with Gasteiger partial charge >= 0.3 is 0 Å². The third kappa shape index (κ3) is 6.03. The van der Waals surface area contributed by atoms with E-state index in [1.807, 2.05) is 24.3 Å². The normalized spacial score (nSPS) is 10.1. The number of rotatable bonds is 8. The lowest BCUT2D eigenvalue weighted by Gasteiger charge is -2.05. The third-order valence-corrected chi connectivity index (χ3v) is 2.29. The molecule has 17 heavy (non-hydrogen) atoms. The van der Waals surface area contributed by atoms with Crippen molar-refractivity contribution in [3.05, 3.63) is 35.4 Å². The van der Waals surface area contributed by atoms with Crippen LogP contribution >= 0.6 is 0 Å². The SMILES string of the molecule is N#Cc1ccc(CNCCCOCCO)cc1. The minimum Gasteiger partial charge on any atom is -0.394 e. The first-order chi connectivity index (χ1) is 8.36. The van der Waals surface area contributed by atoms with Gasteiger partial charge in [0.1, 0.15) is 0 Å². The van der Waals surface area contributed by atoms with Crippen LogP contribution in [0.3, 0.4) is 0 Å². The van der Waals surface area contributed by atoms with Crippen LogP contribution in [0.2, 0.25) is 0 Å². The van der Waals surface area contributed by atoms with E-state index in [4.69, 9.17) is 15.1 Å². The lowest BCUT2D eigenvalue weighted by Crippen LogP contribution is -2.16. The second kappa shape index (κ2) is 8.71. The molecule has 0 aliphatic rings. The second-order valence-electron chi connectivity index (χ2n) is 3.68. The molecule has 0 radical (unpaired) electrons. The molecular weight excluding hydrogens is 216 g/mol. The van der Waals surface area contributed by atoms with E-state index in [1.54, 1.807) is 0 Å². The van der Waals surface area contributed by atoms with Crippen molar-refractivity contribution in [1.29, 1.82) is 5.26 Å². The zero-order valence-corrected chi connectivity index (χ0v) is 9.85. The van der Waals surface area contributed by atoms with Crippen LogP contribution in [-0.2, 0) is 11.3 Å². The van der Waals surface area contributed by atoms with Gasteiger partial charge in [0.2, 0.25) is 0 Å². The average Bonchev–Trinajstić information content (AvgIpc) is 2.38. The fourth-order valence-corrected chi connectivity index (χ4v) is 1.40. The van der Waals surface area contributed by atoms with Crippen molar-refractivity contribution < 1.29 is 9.84 Å². The number of benzene rings is 1.